The van der Waals surface area contributed by atoms with Crippen molar-refractivity contribution >= 4 is 11.8 Å². The molecule has 6 heteroatoms. The van der Waals surface area contributed by atoms with Gasteiger partial charge in [0.1, 0.15) is 23.9 Å². The second-order valence-electron chi connectivity index (χ2n) is 8.03. The average molecular weight is 450 g/mol. The summed E-state index contributed by atoms with van der Waals surface area (Å²) >= 11 is 0. The van der Waals surface area contributed by atoms with Crippen molar-refractivity contribution in [1.29, 1.82) is 0 Å². The van der Waals surface area contributed by atoms with Crippen LogP contribution in [-0.4, -0.2) is 26.7 Å². The molecule has 34 heavy (non-hydrogen) atoms. The van der Waals surface area contributed by atoms with Gasteiger partial charge in [0.05, 0.1) is 11.4 Å². The van der Waals surface area contributed by atoms with Crippen LogP contribution in [0.25, 0.3) is 22.5 Å². The largest absolute Gasteiger partial charge is 0.489 e. The Kier molecular flexibility index (Phi) is 5.79. The Balaban J connectivity index is 1.50. The molecule has 5 rings (SSSR count). The van der Waals surface area contributed by atoms with E-state index in [1.165, 1.54) is 0 Å². The normalized spacial score (nSPS) is 12.9. The molecule has 168 valence electrons. The molecule has 4 aromatic rings. The van der Waals surface area contributed by atoms with Gasteiger partial charge < -0.3 is 9.84 Å². The van der Waals surface area contributed by atoms with Gasteiger partial charge in [-0.1, -0.05) is 60.7 Å². The topological polar surface area (TPSA) is 76.7 Å². The highest BCUT2D eigenvalue weighted by Crippen LogP contribution is 2.33. The molecule has 0 atom stereocenters. The molecule has 0 spiro atoms. The fourth-order valence-corrected chi connectivity index (χ4v) is 4.03. The SMILES string of the molecule is Cc1c(-c2ccccc2)nn(C2=NC(C(=O)O)=CC2)c1-c1ccc(OCc2ccccc2)cc1. The van der Waals surface area contributed by atoms with E-state index in [0.717, 1.165) is 39.4 Å². The van der Waals surface area contributed by atoms with E-state index in [2.05, 4.69) is 4.99 Å². The van der Waals surface area contributed by atoms with Crippen LogP contribution in [0.3, 0.4) is 0 Å². The van der Waals surface area contributed by atoms with E-state index in [9.17, 15) is 9.90 Å². The smallest absolute Gasteiger partial charge is 0.354 e. The van der Waals surface area contributed by atoms with Gasteiger partial charge in [-0.2, -0.15) is 5.10 Å². The molecule has 0 saturated carbocycles. The van der Waals surface area contributed by atoms with Crippen LogP contribution < -0.4 is 4.74 Å². The van der Waals surface area contributed by atoms with E-state index in [1.807, 2.05) is 91.9 Å². The number of hydrogen-bond acceptors (Lipinski definition) is 4. The molecule has 0 fully saturated rings. The van der Waals surface area contributed by atoms with Gasteiger partial charge in [-0.05, 0) is 42.8 Å². The van der Waals surface area contributed by atoms with Crippen molar-refractivity contribution in [3.05, 3.63) is 108 Å². The number of aliphatic imine (C=N–C) groups is 1. The zero-order valence-electron chi connectivity index (χ0n) is 18.7. The minimum Gasteiger partial charge on any atom is -0.489 e. The molecule has 2 heterocycles. The maximum absolute atomic E-state index is 11.4. The summed E-state index contributed by atoms with van der Waals surface area (Å²) in [7, 11) is 0. The molecule has 1 N–H and O–H groups in total. The van der Waals surface area contributed by atoms with Crippen molar-refractivity contribution in [2.75, 3.05) is 0 Å². The lowest BCUT2D eigenvalue weighted by Gasteiger charge is -2.10. The fourth-order valence-electron chi connectivity index (χ4n) is 4.03. The number of nitrogens with zero attached hydrogens (tertiary/aromatic N) is 3. The minimum atomic E-state index is -1.04. The van der Waals surface area contributed by atoms with Gasteiger partial charge in [0.2, 0.25) is 0 Å². The summed E-state index contributed by atoms with van der Waals surface area (Å²) in [5.74, 6) is 0.318. The van der Waals surface area contributed by atoms with Crippen molar-refractivity contribution in [1.82, 2.24) is 9.78 Å². The third kappa shape index (κ3) is 4.26. The zero-order valence-corrected chi connectivity index (χ0v) is 18.7. The van der Waals surface area contributed by atoms with Crippen LogP contribution in [0, 0.1) is 6.92 Å². The molecular formula is C28H23N3O3. The van der Waals surface area contributed by atoms with E-state index in [-0.39, 0.29) is 5.70 Å². The Hall–Kier alpha value is -4.45. The Morgan fingerprint density at radius 1 is 0.941 bits per heavy atom. The first kappa shape index (κ1) is 21.4. The Labute approximate surface area is 197 Å². The van der Waals surface area contributed by atoms with Crippen molar-refractivity contribution in [3.63, 3.8) is 0 Å². The number of rotatable bonds is 6. The van der Waals surface area contributed by atoms with Crippen molar-refractivity contribution < 1.29 is 14.6 Å². The molecule has 0 radical (unpaired) electrons. The summed E-state index contributed by atoms with van der Waals surface area (Å²) in [5.41, 5.74) is 5.81. The summed E-state index contributed by atoms with van der Waals surface area (Å²) < 4.78 is 7.71. The number of carboxylic acids is 1. The third-order valence-corrected chi connectivity index (χ3v) is 5.74. The van der Waals surface area contributed by atoms with Gasteiger partial charge in [-0.25, -0.2) is 14.5 Å². The quantitative estimate of drug-likeness (QED) is 0.408. The van der Waals surface area contributed by atoms with Crippen LogP contribution in [-0.2, 0) is 11.4 Å². The molecule has 0 bridgehead atoms. The molecule has 3 aromatic carbocycles. The van der Waals surface area contributed by atoms with Gasteiger partial charge in [0, 0.05) is 23.1 Å². The molecule has 1 aliphatic heterocycles. The van der Waals surface area contributed by atoms with E-state index in [4.69, 9.17) is 9.84 Å². The van der Waals surface area contributed by atoms with Crippen LogP contribution in [0.1, 0.15) is 17.5 Å². The fraction of sp³-hybridized carbons (Fsp3) is 0.107. The zero-order chi connectivity index (χ0) is 23.5. The number of ether oxygens (including phenoxy) is 1. The molecule has 0 aliphatic carbocycles. The first-order valence-corrected chi connectivity index (χ1v) is 11.0. The molecular weight excluding hydrogens is 426 g/mol. The maximum Gasteiger partial charge on any atom is 0.354 e. The number of carboxylic acid groups (broad SMARTS) is 1. The summed E-state index contributed by atoms with van der Waals surface area (Å²) in [6, 6.07) is 27.9. The summed E-state index contributed by atoms with van der Waals surface area (Å²) in [5, 5.41) is 14.2. The van der Waals surface area contributed by atoms with Crippen molar-refractivity contribution in [2.45, 2.75) is 20.0 Å². The van der Waals surface area contributed by atoms with E-state index in [1.54, 1.807) is 10.8 Å². The number of aromatic nitrogens is 2. The van der Waals surface area contributed by atoms with Gasteiger partial charge in [0.15, 0.2) is 0 Å². The van der Waals surface area contributed by atoms with Crippen molar-refractivity contribution in [3.8, 4) is 28.3 Å². The predicted molar refractivity (Wildman–Crippen MR) is 132 cm³/mol. The van der Waals surface area contributed by atoms with Crippen LogP contribution >= 0.6 is 0 Å². The van der Waals surface area contributed by atoms with E-state index >= 15 is 0 Å². The summed E-state index contributed by atoms with van der Waals surface area (Å²) in [6.45, 7) is 2.53. The highest BCUT2D eigenvalue weighted by atomic mass is 16.5. The maximum atomic E-state index is 11.4. The molecule has 1 aliphatic rings. The van der Waals surface area contributed by atoms with Crippen LogP contribution in [0.2, 0.25) is 0 Å². The highest BCUT2D eigenvalue weighted by Gasteiger charge is 2.23. The first-order valence-electron chi connectivity index (χ1n) is 11.0. The van der Waals surface area contributed by atoms with E-state index < -0.39 is 5.97 Å². The minimum absolute atomic E-state index is 0.0417. The number of allylic oxidation sites excluding steroid dienone is 1. The monoisotopic (exact) mass is 449 g/mol. The Morgan fingerprint density at radius 2 is 1.62 bits per heavy atom. The van der Waals surface area contributed by atoms with E-state index in [0.29, 0.717) is 18.9 Å². The molecule has 1 aromatic heterocycles. The lowest BCUT2D eigenvalue weighted by atomic mass is 10.0. The van der Waals surface area contributed by atoms with Crippen LogP contribution in [0.15, 0.2) is 102 Å². The second-order valence-corrected chi connectivity index (χ2v) is 8.03. The predicted octanol–water partition coefficient (Wildman–Crippen LogP) is 5.72. The molecule has 0 saturated heterocycles. The van der Waals surface area contributed by atoms with Gasteiger partial charge in [-0.3, -0.25) is 0 Å². The third-order valence-electron chi connectivity index (χ3n) is 5.74. The standard InChI is InChI=1S/C28H23N3O3/c1-19-26(21-10-6-3-7-11-21)30-31(25-17-16-24(29-25)28(32)33)27(19)22-12-14-23(15-13-22)34-18-20-8-4-2-5-9-20/h2-16H,17-18H2,1H3,(H,32,33). The summed E-state index contributed by atoms with van der Waals surface area (Å²) in [6.07, 6.45) is 2.02. The van der Waals surface area contributed by atoms with Gasteiger partial charge in [0.25, 0.3) is 0 Å². The van der Waals surface area contributed by atoms with Gasteiger partial charge in [-0.15, -0.1) is 0 Å². The molecule has 0 unspecified atom stereocenters. The number of benzene rings is 3. The Morgan fingerprint density at radius 3 is 2.26 bits per heavy atom. The average Bonchev–Trinajstić information content (AvgIpc) is 3.49. The van der Waals surface area contributed by atoms with Crippen LogP contribution in [0.4, 0.5) is 0 Å². The van der Waals surface area contributed by atoms with Gasteiger partial charge >= 0.3 is 5.97 Å². The number of aliphatic carboxylic acids is 1. The Bertz CT molecular complexity index is 1390. The lowest BCUT2D eigenvalue weighted by molar-refractivity contribution is -0.132. The van der Waals surface area contributed by atoms with Crippen molar-refractivity contribution in [2.24, 2.45) is 4.99 Å². The number of carbonyl (C=O) groups is 1. The first-order chi connectivity index (χ1) is 16.6. The number of hydrogen-bond donors (Lipinski definition) is 1. The van der Waals surface area contributed by atoms with Crippen LogP contribution in [0.5, 0.6) is 5.75 Å². The molecule has 0 amide bonds. The molecule has 6 nitrogen and oxygen atoms in total. The lowest BCUT2D eigenvalue weighted by Crippen LogP contribution is -2.13. The summed E-state index contributed by atoms with van der Waals surface area (Å²) in [4.78, 5) is 15.7. The second kappa shape index (κ2) is 9.19. The highest BCUT2D eigenvalue weighted by molar-refractivity contribution is 5.99.